The van der Waals surface area contributed by atoms with E-state index < -0.39 is 0 Å². The molecule has 0 aliphatic carbocycles. The van der Waals surface area contributed by atoms with Gasteiger partial charge in [0.25, 0.3) is 5.91 Å². The molecular weight excluding hydrogens is 340 g/mol. The van der Waals surface area contributed by atoms with E-state index >= 15 is 0 Å². The van der Waals surface area contributed by atoms with E-state index in [2.05, 4.69) is 30.0 Å². The number of fused-ring (bicyclic) bond motifs is 1. The molecule has 0 bridgehead atoms. The first-order valence-electron chi connectivity index (χ1n) is 9.14. The fourth-order valence-electron chi connectivity index (χ4n) is 3.34. The molecule has 6 nitrogen and oxygen atoms in total. The molecule has 3 heterocycles. The Balaban J connectivity index is 1.54. The van der Waals surface area contributed by atoms with Crippen molar-refractivity contribution >= 4 is 5.91 Å². The number of carbonyl (C=O) groups excluding carboxylic acids is 1. The highest BCUT2D eigenvalue weighted by Crippen LogP contribution is 2.32. The SMILES string of the molecule is CC(C)(C)n1nc2c(c1-n1cccc1)CN(C(=O)COc1ccccc1)C2. The molecule has 0 fully saturated rings. The molecule has 1 aliphatic rings. The normalized spacial score (nSPS) is 13.7. The van der Waals surface area contributed by atoms with Crippen LogP contribution in [0, 0.1) is 0 Å². The molecule has 1 aliphatic heterocycles. The van der Waals surface area contributed by atoms with Crippen LogP contribution in [0.4, 0.5) is 0 Å². The molecule has 0 spiro atoms. The topological polar surface area (TPSA) is 52.3 Å². The van der Waals surface area contributed by atoms with Crippen LogP contribution in [-0.4, -0.2) is 31.8 Å². The maximum atomic E-state index is 12.6. The van der Waals surface area contributed by atoms with Gasteiger partial charge in [-0.2, -0.15) is 5.10 Å². The Morgan fingerprint density at radius 3 is 2.44 bits per heavy atom. The van der Waals surface area contributed by atoms with Gasteiger partial charge in [-0.25, -0.2) is 4.68 Å². The molecule has 0 atom stereocenters. The number of amides is 1. The summed E-state index contributed by atoms with van der Waals surface area (Å²) in [5.41, 5.74) is 1.92. The lowest BCUT2D eigenvalue weighted by atomic mass is 10.1. The van der Waals surface area contributed by atoms with Crippen LogP contribution in [-0.2, 0) is 23.4 Å². The fourth-order valence-corrected chi connectivity index (χ4v) is 3.34. The summed E-state index contributed by atoms with van der Waals surface area (Å²) in [4.78, 5) is 14.4. The van der Waals surface area contributed by atoms with Crippen LogP contribution < -0.4 is 4.74 Å². The molecule has 0 radical (unpaired) electrons. The number of nitrogens with zero attached hydrogens (tertiary/aromatic N) is 4. The molecule has 0 N–H and O–H groups in total. The lowest BCUT2D eigenvalue weighted by molar-refractivity contribution is -0.134. The van der Waals surface area contributed by atoms with Crippen molar-refractivity contribution in [2.45, 2.75) is 39.4 Å². The van der Waals surface area contributed by atoms with E-state index in [1.807, 2.05) is 54.9 Å². The summed E-state index contributed by atoms with van der Waals surface area (Å²) < 4.78 is 9.74. The highest BCUT2D eigenvalue weighted by Gasteiger charge is 2.33. The summed E-state index contributed by atoms with van der Waals surface area (Å²) in [7, 11) is 0. The van der Waals surface area contributed by atoms with Gasteiger partial charge in [-0.15, -0.1) is 0 Å². The van der Waals surface area contributed by atoms with Crippen molar-refractivity contribution in [3.05, 3.63) is 66.1 Å². The maximum absolute atomic E-state index is 12.6. The third-order valence-corrected chi connectivity index (χ3v) is 4.67. The number of carbonyl (C=O) groups is 1. The lowest BCUT2D eigenvalue weighted by Crippen LogP contribution is -2.32. The minimum Gasteiger partial charge on any atom is -0.484 e. The zero-order valence-corrected chi connectivity index (χ0v) is 15.9. The number of benzene rings is 1. The van der Waals surface area contributed by atoms with E-state index in [9.17, 15) is 4.79 Å². The van der Waals surface area contributed by atoms with Gasteiger partial charge >= 0.3 is 0 Å². The highest BCUT2D eigenvalue weighted by atomic mass is 16.5. The number of hydrogen-bond donors (Lipinski definition) is 0. The molecule has 1 aromatic carbocycles. The molecule has 2 aromatic heterocycles. The Labute approximate surface area is 159 Å². The summed E-state index contributed by atoms with van der Waals surface area (Å²) in [6.45, 7) is 7.52. The van der Waals surface area contributed by atoms with Crippen molar-refractivity contribution in [2.75, 3.05) is 6.61 Å². The minimum atomic E-state index is -0.144. The second kappa shape index (κ2) is 6.61. The molecule has 1 amide bonds. The molecular formula is C21H24N4O2. The van der Waals surface area contributed by atoms with Gasteiger partial charge in [-0.05, 0) is 45.0 Å². The van der Waals surface area contributed by atoms with Crippen LogP contribution in [0.5, 0.6) is 5.75 Å². The van der Waals surface area contributed by atoms with Crippen molar-refractivity contribution in [1.29, 1.82) is 0 Å². The third kappa shape index (κ3) is 3.35. The van der Waals surface area contributed by atoms with Gasteiger partial charge in [-0.1, -0.05) is 18.2 Å². The van der Waals surface area contributed by atoms with Gasteiger partial charge in [0, 0.05) is 18.0 Å². The number of aromatic nitrogens is 3. The van der Waals surface area contributed by atoms with E-state index in [-0.39, 0.29) is 18.1 Å². The predicted octanol–water partition coefficient (Wildman–Crippen LogP) is 3.35. The Morgan fingerprint density at radius 2 is 1.78 bits per heavy atom. The van der Waals surface area contributed by atoms with E-state index in [1.165, 1.54) is 0 Å². The van der Waals surface area contributed by atoms with Gasteiger partial charge in [-0.3, -0.25) is 4.79 Å². The van der Waals surface area contributed by atoms with Crippen molar-refractivity contribution < 1.29 is 9.53 Å². The second-order valence-corrected chi connectivity index (χ2v) is 7.77. The van der Waals surface area contributed by atoms with E-state index in [1.54, 1.807) is 4.90 Å². The zero-order chi connectivity index (χ0) is 19.0. The monoisotopic (exact) mass is 364 g/mol. The average molecular weight is 364 g/mol. The van der Waals surface area contributed by atoms with E-state index in [0.29, 0.717) is 18.8 Å². The molecule has 3 aromatic rings. The zero-order valence-electron chi connectivity index (χ0n) is 15.9. The van der Waals surface area contributed by atoms with E-state index in [4.69, 9.17) is 9.84 Å². The van der Waals surface area contributed by atoms with Crippen molar-refractivity contribution in [3.8, 4) is 11.6 Å². The quantitative estimate of drug-likeness (QED) is 0.713. The van der Waals surface area contributed by atoms with Crippen LogP contribution >= 0.6 is 0 Å². The Hall–Kier alpha value is -3.02. The molecule has 4 rings (SSSR count). The Morgan fingerprint density at radius 1 is 1.07 bits per heavy atom. The summed E-state index contributed by atoms with van der Waals surface area (Å²) in [6.07, 6.45) is 4.03. The van der Waals surface area contributed by atoms with Crippen molar-refractivity contribution in [1.82, 2.24) is 19.2 Å². The van der Waals surface area contributed by atoms with Crippen LogP contribution in [0.15, 0.2) is 54.9 Å². The Kier molecular flexibility index (Phi) is 4.26. The number of rotatable bonds is 4. The highest BCUT2D eigenvalue weighted by molar-refractivity contribution is 5.78. The summed E-state index contributed by atoms with van der Waals surface area (Å²) in [5, 5.41) is 4.83. The standard InChI is InChI=1S/C21H24N4O2/c1-21(2,3)25-20(23-11-7-8-12-23)17-13-24(14-18(17)22-25)19(26)15-27-16-9-5-4-6-10-16/h4-12H,13-15H2,1-3H3. The van der Waals surface area contributed by atoms with Gasteiger partial charge in [0.15, 0.2) is 6.61 Å². The third-order valence-electron chi connectivity index (χ3n) is 4.67. The molecule has 6 heteroatoms. The molecule has 140 valence electrons. The first-order valence-corrected chi connectivity index (χ1v) is 9.14. The minimum absolute atomic E-state index is 0.0300. The largest absolute Gasteiger partial charge is 0.484 e. The number of para-hydroxylation sites is 1. The van der Waals surface area contributed by atoms with Crippen LogP contribution in [0.25, 0.3) is 5.82 Å². The second-order valence-electron chi connectivity index (χ2n) is 7.77. The van der Waals surface area contributed by atoms with Crippen molar-refractivity contribution in [2.24, 2.45) is 0 Å². The lowest BCUT2D eigenvalue weighted by Gasteiger charge is -2.24. The van der Waals surface area contributed by atoms with Gasteiger partial charge in [0.2, 0.25) is 0 Å². The maximum Gasteiger partial charge on any atom is 0.261 e. The van der Waals surface area contributed by atoms with E-state index in [0.717, 1.165) is 17.1 Å². The van der Waals surface area contributed by atoms with Gasteiger partial charge in [0.1, 0.15) is 11.6 Å². The average Bonchev–Trinajstić information content (AvgIpc) is 3.34. The molecule has 27 heavy (non-hydrogen) atoms. The first kappa shape index (κ1) is 17.4. The van der Waals surface area contributed by atoms with Crippen LogP contribution in [0.1, 0.15) is 32.0 Å². The number of ether oxygens (including phenoxy) is 1. The summed E-state index contributed by atoms with van der Waals surface area (Å²) in [5.74, 6) is 1.70. The van der Waals surface area contributed by atoms with Crippen molar-refractivity contribution in [3.63, 3.8) is 0 Å². The molecule has 0 unspecified atom stereocenters. The van der Waals surface area contributed by atoms with Gasteiger partial charge in [0.05, 0.1) is 24.3 Å². The van der Waals surface area contributed by atoms with Crippen LogP contribution in [0.2, 0.25) is 0 Å². The smallest absolute Gasteiger partial charge is 0.261 e. The summed E-state index contributed by atoms with van der Waals surface area (Å²) >= 11 is 0. The fraction of sp³-hybridized carbons (Fsp3) is 0.333. The van der Waals surface area contributed by atoms with Crippen LogP contribution in [0.3, 0.4) is 0 Å². The van der Waals surface area contributed by atoms with Gasteiger partial charge < -0.3 is 14.2 Å². The summed E-state index contributed by atoms with van der Waals surface area (Å²) in [6, 6.07) is 13.4. The Bertz CT molecular complexity index is 937. The predicted molar refractivity (Wildman–Crippen MR) is 103 cm³/mol. The molecule has 0 saturated carbocycles. The molecule has 0 saturated heterocycles. The first-order chi connectivity index (χ1) is 12.9. The number of hydrogen-bond acceptors (Lipinski definition) is 3.